The number of piperidine rings is 1. The zero-order valence-electron chi connectivity index (χ0n) is 18.5. The highest BCUT2D eigenvalue weighted by molar-refractivity contribution is 5.99. The monoisotopic (exact) mass is 437 g/mol. The topological polar surface area (TPSA) is 108 Å². The third-order valence-corrected chi connectivity index (χ3v) is 5.49. The van der Waals surface area contributed by atoms with Crippen molar-refractivity contribution in [2.24, 2.45) is 5.73 Å². The first-order chi connectivity index (χ1) is 15.4. The van der Waals surface area contributed by atoms with Crippen molar-refractivity contribution in [1.29, 1.82) is 0 Å². The predicted molar refractivity (Wildman–Crippen MR) is 126 cm³/mol. The minimum Gasteiger partial charge on any atom is -0.370 e. The van der Waals surface area contributed by atoms with Crippen molar-refractivity contribution in [2.75, 3.05) is 36.9 Å². The molecular formula is C24H31N5O3. The van der Waals surface area contributed by atoms with Crippen molar-refractivity contribution < 1.29 is 14.4 Å². The van der Waals surface area contributed by atoms with E-state index in [1.54, 1.807) is 24.1 Å². The molecule has 0 bridgehead atoms. The molecule has 4 N–H and O–H groups in total. The van der Waals surface area contributed by atoms with Crippen LogP contribution in [0.25, 0.3) is 0 Å². The molecule has 4 amide bonds. The number of carbonyl (C=O) groups is 3. The maximum Gasteiger partial charge on any atom is 0.317 e. The van der Waals surface area contributed by atoms with Gasteiger partial charge in [0.15, 0.2) is 0 Å². The molecule has 2 aromatic rings. The van der Waals surface area contributed by atoms with Crippen LogP contribution in [-0.4, -0.2) is 49.4 Å². The number of benzene rings is 2. The summed E-state index contributed by atoms with van der Waals surface area (Å²) in [5.74, 6) is -0.782. The second-order valence-corrected chi connectivity index (χ2v) is 8.02. The Bertz CT molecular complexity index is 942. The fourth-order valence-electron chi connectivity index (χ4n) is 3.76. The van der Waals surface area contributed by atoms with E-state index in [4.69, 9.17) is 5.73 Å². The van der Waals surface area contributed by atoms with Gasteiger partial charge in [0.05, 0.1) is 11.4 Å². The zero-order valence-corrected chi connectivity index (χ0v) is 18.5. The third-order valence-electron chi connectivity index (χ3n) is 5.49. The number of nitrogens with two attached hydrogens (primary N) is 1. The lowest BCUT2D eigenvalue weighted by Gasteiger charge is -2.30. The smallest absolute Gasteiger partial charge is 0.317 e. The molecule has 1 fully saturated rings. The average Bonchev–Trinajstić information content (AvgIpc) is 2.80. The first kappa shape index (κ1) is 23.1. The number of hydrogen-bond acceptors (Lipinski definition) is 4. The Balaban J connectivity index is 1.55. The molecule has 0 unspecified atom stereocenters. The fourth-order valence-corrected chi connectivity index (χ4v) is 3.76. The van der Waals surface area contributed by atoms with Gasteiger partial charge in [0.2, 0.25) is 11.8 Å². The maximum atomic E-state index is 12.6. The normalized spacial score (nSPS) is 13.3. The van der Waals surface area contributed by atoms with Crippen LogP contribution in [0.4, 0.5) is 16.2 Å². The van der Waals surface area contributed by atoms with Gasteiger partial charge in [0.1, 0.15) is 0 Å². The van der Waals surface area contributed by atoms with Crippen molar-refractivity contribution in [3.05, 3.63) is 59.7 Å². The summed E-state index contributed by atoms with van der Waals surface area (Å²) in [5, 5.41) is 5.66. The van der Waals surface area contributed by atoms with Gasteiger partial charge in [-0.05, 0) is 43.0 Å². The van der Waals surface area contributed by atoms with Gasteiger partial charge in [-0.3, -0.25) is 9.59 Å². The van der Waals surface area contributed by atoms with Crippen LogP contribution in [0.3, 0.4) is 0 Å². The van der Waals surface area contributed by atoms with Crippen LogP contribution < -0.4 is 21.3 Å². The number of rotatable bonds is 8. The summed E-state index contributed by atoms with van der Waals surface area (Å²) >= 11 is 0. The van der Waals surface area contributed by atoms with Crippen LogP contribution in [0, 0.1) is 0 Å². The Hall–Kier alpha value is -3.55. The Kier molecular flexibility index (Phi) is 8.08. The number of carbonyl (C=O) groups excluding carboxylic acids is 3. The number of amides is 4. The molecule has 1 aliphatic rings. The predicted octanol–water partition coefficient (Wildman–Crippen LogP) is 2.95. The number of hydrogen-bond donors (Lipinski definition) is 3. The minimum absolute atomic E-state index is 0.116. The van der Waals surface area contributed by atoms with Gasteiger partial charge < -0.3 is 26.2 Å². The van der Waals surface area contributed by atoms with E-state index < -0.39 is 5.91 Å². The van der Waals surface area contributed by atoms with Gasteiger partial charge in [-0.1, -0.05) is 30.3 Å². The molecule has 1 saturated heterocycles. The summed E-state index contributed by atoms with van der Waals surface area (Å²) in [4.78, 5) is 40.2. The molecule has 170 valence electrons. The van der Waals surface area contributed by atoms with E-state index >= 15 is 0 Å². The standard InChI is InChI=1S/C24H31N5O3/c1-28(17-18-8-4-2-5-9-18)24(32)26-13-12-22(30)27-20-16-19(23(25)31)10-11-21(20)29-14-6-3-7-15-29/h2,4-5,8-11,16H,3,6-7,12-15,17H2,1H3,(H2,25,31)(H,26,32)(H,27,30). The van der Waals surface area contributed by atoms with E-state index in [2.05, 4.69) is 15.5 Å². The summed E-state index contributed by atoms with van der Waals surface area (Å²) in [7, 11) is 1.71. The molecule has 0 aliphatic carbocycles. The van der Waals surface area contributed by atoms with Crippen LogP contribution in [0.5, 0.6) is 0 Å². The molecule has 0 radical (unpaired) electrons. The number of urea groups is 1. The lowest BCUT2D eigenvalue weighted by atomic mass is 10.1. The van der Waals surface area contributed by atoms with E-state index in [-0.39, 0.29) is 24.9 Å². The van der Waals surface area contributed by atoms with Crippen molar-refractivity contribution in [3.8, 4) is 0 Å². The highest BCUT2D eigenvalue weighted by atomic mass is 16.2. The molecule has 8 heteroatoms. The lowest BCUT2D eigenvalue weighted by molar-refractivity contribution is -0.116. The van der Waals surface area contributed by atoms with E-state index in [9.17, 15) is 14.4 Å². The number of anilines is 2. The van der Waals surface area contributed by atoms with Crippen molar-refractivity contribution in [3.63, 3.8) is 0 Å². The van der Waals surface area contributed by atoms with Crippen LogP contribution in [0.1, 0.15) is 41.6 Å². The van der Waals surface area contributed by atoms with Crippen molar-refractivity contribution in [2.45, 2.75) is 32.2 Å². The van der Waals surface area contributed by atoms with E-state index in [1.807, 2.05) is 36.4 Å². The van der Waals surface area contributed by atoms with E-state index in [0.717, 1.165) is 37.2 Å². The number of nitrogens with one attached hydrogen (secondary N) is 2. The Labute approximate surface area is 188 Å². The number of primary amides is 1. The summed E-state index contributed by atoms with van der Waals surface area (Å²) in [6.07, 6.45) is 3.49. The van der Waals surface area contributed by atoms with Gasteiger partial charge in [-0.15, -0.1) is 0 Å². The van der Waals surface area contributed by atoms with E-state index in [1.165, 1.54) is 6.42 Å². The number of nitrogens with zero attached hydrogens (tertiary/aromatic N) is 2. The summed E-state index contributed by atoms with van der Waals surface area (Å²) in [6, 6.07) is 14.6. The van der Waals surface area contributed by atoms with Gasteiger partial charge in [-0.2, -0.15) is 0 Å². The van der Waals surface area contributed by atoms with Gasteiger partial charge in [0, 0.05) is 45.2 Å². The van der Waals surface area contributed by atoms with Crippen LogP contribution >= 0.6 is 0 Å². The fraction of sp³-hybridized carbons (Fsp3) is 0.375. The second kappa shape index (κ2) is 11.2. The second-order valence-electron chi connectivity index (χ2n) is 8.02. The summed E-state index contributed by atoms with van der Waals surface area (Å²) < 4.78 is 0. The summed E-state index contributed by atoms with van der Waals surface area (Å²) in [6.45, 7) is 2.50. The Morgan fingerprint density at radius 1 is 1.03 bits per heavy atom. The van der Waals surface area contributed by atoms with Crippen LogP contribution in [-0.2, 0) is 11.3 Å². The molecule has 32 heavy (non-hydrogen) atoms. The highest BCUT2D eigenvalue weighted by Crippen LogP contribution is 2.29. The van der Waals surface area contributed by atoms with Crippen LogP contribution in [0.15, 0.2) is 48.5 Å². The largest absolute Gasteiger partial charge is 0.370 e. The molecule has 1 aliphatic heterocycles. The SMILES string of the molecule is CN(Cc1ccccc1)C(=O)NCCC(=O)Nc1cc(C(N)=O)ccc1N1CCCCC1. The molecule has 2 aromatic carbocycles. The molecular weight excluding hydrogens is 406 g/mol. The first-order valence-electron chi connectivity index (χ1n) is 11.0. The zero-order chi connectivity index (χ0) is 22.9. The van der Waals surface area contributed by atoms with Crippen molar-refractivity contribution in [1.82, 2.24) is 10.2 Å². The molecule has 0 atom stereocenters. The van der Waals surface area contributed by atoms with Gasteiger partial charge in [0.25, 0.3) is 0 Å². The molecule has 0 aromatic heterocycles. The maximum absolute atomic E-state index is 12.6. The van der Waals surface area contributed by atoms with Gasteiger partial charge >= 0.3 is 6.03 Å². The molecule has 1 heterocycles. The molecule has 0 saturated carbocycles. The Morgan fingerprint density at radius 3 is 2.44 bits per heavy atom. The van der Waals surface area contributed by atoms with Crippen molar-refractivity contribution >= 4 is 29.2 Å². The van der Waals surface area contributed by atoms with Crippen LogP contribution in [0.2, 0.25) is 0 Å². The molecule has 0 spiro atoms. The third kappa shape index (κ3) is 6.47. The molecule has 8 nitrogen and oxygen atoms in total. The molecule has 3 rings (SSSR count). The quantitative estimate of drug-likeness (QED) is 0.590. The minimum atomic E-state index is -0.542. The first-order valence-corrected chi connectivity index (χ1v) is 11.0. The van der Waals surface area contributed by atoms with Gasteiger partial charge in [-0.25, -0.2) is 4.79 Å². The highest BCUT2D eigenvalue weighted by Gasteiger charge is 2.18. The van der Waals surface area contributed by atoms with E-state index in [0.29, 0.717) is 17.8 Å². The lowest BCUT2D eigenvalue weighted by Crippen LogP contribution is -2.38. The average molecular weight is 438 g/mol. The Morgan fingerprint density at radius 2 is 1.75 bits per heavy atom. The summed E-state index contributed by atoms with van der Waals surface area (Å²) in [5.41, 5.74) is 8.25.